The maximum absolute atomic E-state index is 13.0. The van der Waals surface area contributed by atoms with Crippen LogP contribution in [0.15, 0.2) is 42.5 Å². The fourth-order valence-corrected chi connectivity index (χ4v) is 6.87. The van der Waals surface area contributed by atoms with Gasteiger partial charge in [0, 0.05) is 50.2 Å². The minimum atomic E-state index is -0.0999. The molecule has 6 rings (SSSR count). The highest BCUT2D eigenvalue weighted by Crippen LogP contribution is 2.63. The number of rotatable bonds is 3. The molecule has 0 unspecified atom stereocenters. The monoisotopic (exact) mass is 408 g/mol. The van der Waals surface area contributed by atoms with Crippen LogP contribution in [-0.2, 0) is 14.3 Å². The average Bonchev–Trinajstić information content (AvgIpc) is 3.24. The Balaban J connectivity index is 1.15. The van der Waals surface area contributed by atoms with E-state index in [1.807, 2.05) is 0 Å². The molecule has 5 nitrogen and oxygen atoms in total. The topological polar surface area (TPSA) is 45.3 Å². The van der Waals surface area contributed by atoms with Gasteiger partial charge in [-0.05, 0) is 44.2 Å². The Kier molecular flexibility index (Phi) is 4.30. The summed E-state index contributed by atoms with van der Waals surface area (Å²) in [5.41, 5.74) is 2.55. The quantitative estimate of drug-likeness (QED) is 0.437. The fraction of sp³-hybridized carbons (Fsp3) is 0.640. The van der Waals surface area contributed by atoms with E-state index in [9.17, 15) is 4.79 Å². The van der Waals surface area contributed by atoms with E-state index in [-0.39, 0.29) is 23.6 Å². The maximum atomic E-state index is 13.0. The molecule has 3 heterocycles. The number of epoxide rings is 1. The number of ether oxygens (including phenoxy) is 2. The first kappa shape index (κ1) is 18.9. The van der Waals surface area contributed by atoms with Crippen LogP contribution in [0.5, 0.6) is 0 Å². The SMILES string of the molecule is C=C1CC[C@@H]2[C@@H](OC(=O)[C@@H]2CN2CCN(c3ccccc3)CC2)[C@@H]2[C@@H]1C[C@H]1O[C@@]21C. The van der Waals surface area contributed by atoms with Gasteiger partial charge in [-0.25, -0.2) is 0 Å². The van der Waals surface area contributed by atoms with Gasteiger partial charge in [0.2, 0.25) is 0 Å². The van der Waals surface area contributed by atoms with Crippen molar-refractivity contribution in [3.8, 4) is 0 Å². The predicted octanol–water partition coefficient (Wildman–Crippen LogP) is 3.11. The van der Waals surface area contributed by atoms with Crippen LogP contribution in [0.4, 0.5) is 5.69 Å². The molecular formula is C25H32N2O3. The fourth-order valence-electron chi connectivity index (χ4n) is 6.87. The lowest BCUT2D eigenvalue weighted by Crippen LogP contribution is -2.49. The van der Waals surface area contributed by atoms with Crippen molar-refractivity contribution in [1.82, 2.24) is 4.90 Å². The van der Waals surface area contributed by atoms with Crippen LogP contribution in [0.1, 0.15) is 26.2 Å². The highest BCUT2D eigenvalue weighted by atomic mass is 16.6. The van der Waals surface area contributed by atoms with Crippen LogP contribution in [0.25, 0.3) is 0 Å². The van der Waals surface area contributed by atoms with Crippen LogP contribution >= 0.6 is 0 Å². The van der Waals surface area contributed by atoms with E-state index >= 15 is 0 Å². The molecule has 0 radical (unpaired) electrons. The summed E-state index contributed by atoms with van der Waals surface area (Å²) in [6.07, 6.45) is 3.46. The van der Waals surface area contributed by atoms with Gasteiger partial charge < -0.3 is 14.4 Å². The third-order valence-corrected chi connectivity index (χ3v) is 8.66. The van der Waals surface area contributed by atoms with Crippen molar-refractivity contribution in [3.05, 3.63) is 42.5 Å². The summed E-state index contributed by atoms with van der Waals surface area (Å²) in [5, 5.41) is 0. The molecule has 0 bridgehead atoms. The number of anilines is 1. The number of para-hydroxylation sites is 1. The summed E-state index contributed by atoms with van der Waals surface area (Å²) in [7, 11) is 0. The largest absolute Gasteiger partial charge is 0.461 e. The number of benzene rings is 1. The molecule has 0 spiro atoms. The Hall–Kier alpha value is -1.85. The van der Waals surface area contributed by atoms with Gasteiger partial charge >= 0.3 is 5.97 Å². The summed E-state index contributed by atoms with van der Waals surface area (Å²) >= 11 is 0. The maximum Gasteiger partial charge on any atom is 0.310 e. The minimum absolute atomic E-state index is 0.00812. The van der Waals surface area contributed by atoms with Crippen molar-refractivity contribution >= 4 is 11.7 Å². The molecule has 0 amide bonds. The third kappa shape index (κ3) is 2.85. The van der Waals surface area contributed by atoms with E-state index in [0.29, 0.717) is 23.9 Å². The number of fused-ring (bicyclic) bond motifs is 5. The predicted molar refractivity (Wildman–Crippen MR) is 115 cm³/mol. The number of nitrogens with zero attached hydrogens (tertiary/aromatic N) is 2. The van der Waals surface area contributed by atoms with E-state index in [1.54, 1.807) is 0 Å². The zero-order valence-electron chi connectivity index (χ0n) is 17.8. The molecule has 0 N–H and O–H groups in total. The third-order valence-electron chi connectivity index (χ3n) is 8.66. The number of carbonyl (C=O) groups is 1. The summed E-state index contributed by atoms with van der Waals surface area (Å²) in [4.78, 5) is 17.9. The van der Waals surface area contributed by atoms with E-state index < -0.39 is 0 Å². The summed E-state index contributed by atoms with van der Waals surface area (Å²) in [5.74, 6) is 1.08. The summed E-state index contributed by atoms with van der Waals surface area (Å²) in [6, 6.07) is 10.6. The van der Waals surface area contributed by atoms with Crippen molar-refractivity contribution < 1.29 is 14.3 Å². The van der Waals surface area contributed by atoms with Crippen molar-refractivity contribution in [2.24, 2.45) is 23.7 Å². The molecule has 0 aromatic heterocycles. The smallest absolute Gasteiger partial charge is 0.310 e. The summed E-state index contributed by atoms with van der Waals surface area (Å²) in [6.45, 7) is 11.5. The van der Waals surface area contributed by atoms with Crippen molar-refractivity contribution in [3.63, 3.8) is 0 Å². The molecule has 3 saturated heterocycles. The van der Waals surface area contributed by atoms with Crippen LogP contribution < -0.4 is 4.90 Å². The first-order valence-corrected chi connectivity index (χ1v) is 11.6. The summed E-state index contributed by atoms with van der Waals surface area (Å²) < 4.78 is 12.2. The van der Waals surface area contributed by atoms with Gasteiger partial charge in [0.05, 0.1) is 17.6 Å². The first-order valence-electron chi connectivity index (χ1n) is 11.6. The average molecular weight is 409 g/mol. The number of esters is 1. The number of carbonyl (C=O) groups excluding carboxylic acids is 1. The lowest BCUT2D eigenvalue weighted by atomic mass is 9.77. The molecule has 3 aliphatic heterocycles. The highest BCUT2D eigenvalue weighted by molar-refractivity contribution is 5.76. The zero-order valence-corrected chi connectivity index (χ0v) is 17.8. The van der Waals surface area contributed by atoms with Crippen LogP contribution in [-0.4, -0.2) is 61.4 Å². The van der Waals surface area contributed by atoms with Gasteiger partial charge in [0.25, 0.3) is 0 Å². The Morgan fingerprint density at radius 3 is 2.70 bits per heavy atom. The second kappa shape index (κ2) is 6.83. The van der Waals surface area contributed by atoms with Crippen molar-refractivity contribution in [2.45, 2.75) is 44.0 Å². The molecule has 5 heteroatoms. The van der Waals surface area contributed by atoms with Gasteiger partial charge in [-0.3, -0.25) is 9.69 Å². The standard InChI is InChI=1S/C25H32N2O3/c1-16-8-9-18-20(15-26-10-12-27(13-11-26)17-6-4-3-5-7-17)24(28)29-23(18)22-19(16)14-21-25(22,2)30-21/h3-7,18-23H,1,8-15H2,2H3/t18-,19+,20+,21+,22-,23+,25+/m0/s1. The Morgan fingerprint density at radius 1 is 1.17 bits per heavy atom. The van der Waals surface area contributed by atoms with E-state index in [2.05, 4.69) is 53.6 Å². The van der Waals surface area contributed by atoms with Gasteiger partial charge in [-0.1, -0.05) is 30.4 Å². The van der Waals surface area contributed by atoms with Gasteiger partial charge in [-0.15, -0.1) is 0 Å². The van der Waals surface area contributed by atoms with Gasteiger partial charge in [0.1, 0.15) is 6.10 Å². The number of hydrogen-bond donors (Lipinski definition) is 0. The molecule has 5 aliphatic rings. The lowest BCUT2D eigenvalue weighted by molar-refractivity contribution is -0.147. The Morgan fingerprint density at radius 2 is 1.93 bits per heavy atom. The Bertz CT molecular complexity index is 849. The van der Waals surface area contributed by atoms with E-state index in [4.69, 9.17) is 9.47 Å². The van der Waals surface area contributed by atoms with E-state index in [0.717, 1.165) is 52.0 Å². The number of piperazine rings is 1. The van der Waals surface area contributed by atoms with E-state index in [1.165, 1.54) is 11.3 Å². The molecule has 2 aliphatic carbocycles. The molecule has 1 aromatic rings. The molecule has 5 fully saturated rings. The highest BCUT2D eigenvalue weighted by Gasteiger charge is 2.71. The molecule has 30 heavy (non-hydrogen) atoms. The van der Waals surface area contributed by atoms with Crippen molar-refractivity contribution in [2.75, 3.05) is 37.6 Å². The number of hydrogen-bond acceptors (Lipinski definition) is 5. The molecule has 160 valence electrons. The lowest BCUT2D eigenvalue weighted by Gasteiger charge is -2.37. The van der Waals surface area contributed by atoms with Gasteiger partial charge in [0.15, 0.2) is 0 Å². The zero-order chi connectivity index (χ0) is 20.5. The van der Waals surface area contributed by atoms with Gasteiger partial charge in [-0.2, -0.15) is 0 Å². The number of allylic oxidation sites excluding steroid dienone is 1. The van der Waals surface area contributed by atoms with Crippen LogP contribution in [0.3, 0.4) is 0 Å². The molecular weight excluding hydrogens is 376 g/mol. The molecule has 2 saturated carbocycles. The Labute approximate surface area is 179 Å². The minimum Gasteiger partial charge on any atom is -0.461 e. The van der Waals surface area contributed by atoms with Crippen LogP contribution in [0, 0.1) is 23.7 Å². The van der Waals surface area contributed by atoms with Crippen molar-refractivity contribution in [1.29, 1.82) is 0 Å². The first-order chi connectivity index (χ1) is 14.5. The normalized spacial score (nSPS) is 42.9. The second-order valence-corrected chi connectivity index (χ2v) is 10.2. The van der Waals surface area contributed by atoms with Crippen LogP contribution in [0.2, 0.25) is 0 Å². The second-order valence-electron chi connectivity index (χ2n) is 10.2. The molecule has 7 atom stereocenters. The molecule has 1 aromatic carbocycles.